The summed E-state index contributed by atoms with van der Waals surface area (Å²) in [5.41, 5.74) is 1.14. The monoisotopic (exact) mass is 253 g/mol. The number of hydrogen-bond acceptors (Lipinski definition) is 2. The Morgan fingerprint density at radius 1 is 1.43 bits per heavy atom. The van der Waals surface area contributed by atoms with Crippen LogP contribution in [0.3, 0.4) is 0 Å². The zero-order chi connectivity index (χ0) is 10.8. The van der Waals surface area contributed by atoms with Crippen molar-refractivity contribution in [3.05, 3.63) is 28.8 Å². The molecule has 0 atom stereocenters. The van der Waals surface area contributed by atoms with Crippen molar-refractivity contribution in [2.24, 2.45) is 0 Å². The fourth-order valence-corrected chi connectivity index (χ4v) is 1.86. The summed E-state index contributed by atoms with van der Waals surface area (Å²) in [4.78, 5) is 0. The molecule has 0 unspecified atom stereocenters. The van der Waals surface area contributed by atoms with Gasteiger partial charge in [0.15, 0.2) is 0 Å². The third-order valence-electron chi connectivity index (χ3n) is 1.68. The van der Waals surface area contributed by atoms with Crippen LogP contribution in [0.15, 0.2) is 18.2 Å². The van der Waals surface area contributed by atoms with Crippen molar-refractivity contribution < 1.29 is 8.42 Å². The molecule has 0 radical (unpaired) electrons. The van der Waals surface area contributed by atoms with Gasteiger partial charge in [0.2, 0.25) is 10.0 Å². The number of sulfonamides is 1. The topological polar surface area (TPSA) is 46.2 Å². The van der Waals surface area contributed by atoms with Gasteiger partial charge in [0.1, 0.15) is 5.21 Å². The average Bonchev–Trinajstić information content (AvgIpc) is 2.13. The number of halogens is 2. The smallest absolute Gasteiger partial charge is 0.246 e. The fourth-order valence-electron chi connectivity index (χ4n) is 0.913. The van der Waals surface area contributed by atoms with Gasteiger partial charge in [-0.1, -0.05) is 17.7 Å². The highest BCUT2D eigenvalue weighted by Crippen LogP contribution is 2.23. The molecule has 1 N–H and O–H groups in total. The molecule has 0 fully saturated rings. The van der Waals surface area contributed by atoms with Crippen LogP contribution in [-0.4, -0.2) is 13.6 Å². The summed E-state index contributed by atoms with van der Waals surface area (Å²) < 4.78 is 24.6. The quantitative estimate of drug-likeness (QED) is 0.842. The molecule has 0 saturated carbocycles. The maximum atomic E-state index is 11.1. The molecule has 0 spiro atoms. The molecular weight excluding hydrogens is 245 g/mol. The average molecular weight is 254 g/mol. The summed E-state index contributed by atoms with van der Waals surface area (Å²) in [6.45, 7) is 1.73. The second-order valence-corrected chi connectivity index (χ2v) is 5.45. The first-order valence-corrected chi connectivity index (χ1v) is 6.34. The van der Waals surface area contributed by atoms with E-state index in [0.717, 1.165) is 0 Å². The van der Waals surface area contributed by atoms with Crippen molar-refractivity contribution in [1.82, 2.24) is 0 Å². The highest BCUT2D eigenvalue weighted by atomic mass is 35.5. The zero-order valence-electron chi connectivity index (χ0n) is 7.42. The van der Waals surface area contributed by atoms with Crippen molar-refractivity contribution in [3.63, 3.8) is 0 Å². The molecule has 0 amide bonds. The first-order valence-electron chi connectivity index (χ1n) is 3.78. The van der Waals surface area contributed by atoms with E-state index in [1.165, 1.54) is 0 Å². The standard InChI is InChI=1S/C8H9Cl2NO2S/c1-6-7(10)3-2-4-8(6)11-14(12,13)5-9/h2-4,11H,5H2,1H3. The molecule has 1 rings (SSSR count). The third-order valence-corrected chi connectivity index (χ3v) is 3.77. The van der Waals surface area contributed by atoms with E-state index in [2.05, 4.69) is 4.72 Å². The minimum Gasteiger partial charge on any atom is -0.282 e. The molecule has 0 aromatic heterocycles. The van der Waals surface area contributed by atoms with Crippen LogP contribution in [-0.2, 0) is 10.0 Å². The van der Waals surface area contributed by atoms with Gasteiger partial charge in [0.05, 0.1) is 5.69 Å². The highest BCUT2D eigenvalue weighted by molar-refractivity contribution is 7.93. The highest BCUT2D eigenvalue weighted by Gasteiger charge is 2.10. The van der Waals surface area contributed by atoms with Crippen molar-refractivity contribution in [3.8, 4) is 0 Å². The van der Waals surface area contributed by atoms with E-state index in [1.54, 1.807) is 25.1 Å². The van der Waals surface area contributed by atoms with Crippen LogP contribution in [0.4, 0.5) is 5.69 Å². The first-order chi connectivity index (χ1) is 6.46. The lowest BCUT2D eigenvalue weighted by Crippen LogP contribution is -2.14. The molecule has 0 heterocycles. The summed E-state index contributed by atoms with van der Waals surface area (Å²) in [5, 5.41) is 0.0404. The normalized spacial score (nSPS) is 11.4. The SMILES string of the molecule is Cc1c(Cl)cccc1NS(=O)(=O)CCl. The van der Waals surface area contributed by atoms with Gasteiger partial charge < -0.3 is 0 Å². The number of rotatable bonds is 3. The number of anilines is 1. The fraction of sp³-hybridized carbons (Fsp3) is 0.250. The maximum absolute atomic E-state index is 11.1. The van der Waals surface area contributed by atoms with Gasteiger partial charge in [-0.05, 0) is 24.6 Å². The largest absolute Gasteiger partial charge is 0.282 e. The molecular formula is C8H9Cl2NO2S. The second-order valence-electron chi connectivity index (χ2n) is 2.74. The van der Waals surface area contributed by atoms with Gasteiger partial charge in [-0.15, -0.1) is 11.6 Å². The van der Waals surface area contributed by atoms with E-state index >= 15 is 0 Å². The molecule has 1 aromatic rings. The minimum atomic E-state index is -3.46. The minimum absolute atomic E-state index is 0.457. The van der Waals surface area contributed by atoms with Crippen LogP contribution >= 0.6 is 23.2 Å². The first kappa shape index (κ1) is 11.6. The van der Waals surface area contributed by atoms with Crippen molar-refractivity contribution >= 4 is 38.9 Å². The molecule has 0 saturated heterocycles. The van der Waals surface area contributed by atoms with Crippen LogP contribution in [0, 0.1) is 6.92 Å². The summed E-state index contributed by atoms with van der Waals surface area (Å²) in [6, 6.07) is 4.99. The van der Waals surface area contributed by atoms with Crippen molar-refractivity contribution in [2.45, 2.75) is 6.92 Å². The van der Waals surface area contributed by atoms with Crippen molar-refractivity contribution in [2.75, 3.05) is 9.93 Å². The Morgan fingerprint density at radius 3 is 2.64 bits per heavy atom. The predicted octanol–water partition coefficient (Wildman–Crippen LogP) is 2.59. The van der Waals surface area contributed by atoms with Gasteiger partial charge in [-0.3, -0.25) is 4.72 Å². The molecule has 0 aliphatic rings. The van der Waals surface area contributed by atoms with E-state index < -0.39 is 15.2 Å². The molecule has 6 heteroatoms. The van der Waals surface area contributed by atoms with Gasteiger partial charge in [-0.25, -0.2) is 8.42 Å². The van der Waals surface area contributed by atoms with E-state index in [1.807, 2.05) is 0 Å². The Balaban J connectivity index is 3.05. The number of nitrogens with one attached hydrogen (secondary N) is 1. The summed E-state index contributed by atoms with van der Waals surface area (Å²) in [5.74, 6) is 0. The van der Waals surface area contributed by atoms with Crippen LogP contribution in [0.2, 0.25) is 5.02 Å². The summed E-state index contributed by atoms with van der Waals surface area (Å²) in [6.07, 6.45) is 0. The van der Waals surface area contributed by atoms with Crippen LogP contribution in [0.25, 0.3) is 0 Å². The Labute approximate surface area is 93.1 Å². The summed E-state index contributed by atoms with van der Waals surface area (Å²) >= 11 is 11.1. The predicted molar refractivity (Wildman–Crippen MR) is 59.5 cm³/mol. The van der Waals surface area contributed by atoms with E-state index in [-0.39, 0.29) is 0 Å². The second kappa shape index (κ2) is 4.38. The molecule has 78 valence electrons. The lowest BCUT2D eigenvalue weighted by molar-refractivity contribution is 0.605. The third kappa shape index (κ3) is 2.77. The van der Waals surface area contributed by atoms with Gasteiger partial charge in [0, 0.05) is 5.02 Å². The Hall–Kier alpha value is -0.450. The lowest BCUT2D eigenvalue weighted by Gasteiger charge is -2.09. The Bertz CT molecular complexity index is 431. The van der Waals surface area contributed by atoms with E-state index in [9.17, 15) is 8.42 Å². The Morgan fingerprint density at radius 2 is 2.07 bits per heavy atom. The van der Waals surface area contributed by atoms with Crippen LogP contribution < -0.4 is 4.72 Å². The van der Waals surface area contributed by atoms with E-state index in [4.69, 9.17) is 23.2 Å². The van der Waals surface area contributed by atoms with Crippen molar-refractivity contribution in [1.29, 1.82) is 0 Å². The van der Waals surface area contributed by atoms with Gasteiger partial charge in [-0.2, -0.15) is 0 Å². The maximum Gasteiger partial charge on any atom is 0.246 e. The van der Waals surface area contributed by atoms with E-state index in [0.29, 0.717) is 16.3 Å². The molecule has 3 nitrogen and oxygen atoms in total. The van der Waals surface area contributed by atoms with Crippen LogP contribution in [0.1, 0.15) is 5.56 Å². The molecule has 1 aromatic carbocycles. The molecule has 0 bridgehead atoms. The van der Waals surface area contributed by atoms with Gasteiger partial charge in [0.25, 0.3) is 0 Å². The van der Waals surface area contributed by atoms with Gasteiger partial charge >= 0.3 is 0 Å². The van der Waals surface area contributed by atoms with Crippen LogP contribution in [0.5, 0.6) is 0 Å². The number of benzene rings is 1. The molecule has 0 aliphatic carbocycles. The number of alkyl halides is 1. The summed E-state index contributed by atoms with van der Waals surface area (Å²) in [7, 11) is -3.46. The Kier molecular flexibility index (Phi) is 3.64. The molecule has 0 aliphatic heterocycles. The number of hydrogen-bond donors (Lipinski definition) is 1. The molecule has 14 heavy (non-hydrogen) atoms. The zero-order valence-corrected chi connectivity index (χ0v) is 9.75. The lowest BCUT2D eigenvalue weighted by atomic mass is 10.2.